The van der Waals surface area contributed by atoms with Crippen LogP contribution in [0.5, 0.6) is 0 Å². The van der Waals surface area contributed by atoms with Gasteiger partial charge in [-0.15, -0.1) is 5.06 Å². The second kappa shape index (κ2) is 6.08. The fraction of sp³-hybridized carbons (Fsp3) is 0.650. The Hall–Kier alpha value is -1.43. The largest absolute Gasteiger partial charge is 0.367 e. The minimum atomic E-state index is -0.492. The molecular formula is C20H27NO4. The van der Waals surface area contributed by atoms with Crippen molar-refractivity contribution >= 4 is 5.97 Å². The molecule has 136 valence electrons. The molecular weight excluding hydrogens is 318 g/mol. The van der Waals surface area contributed by atoms with Gasteiger partial charge in [0.2, 0.25) is 0 Å². The van der Waals surface area contributed by atoms with Gasteiger partial charge in [-0.1, -0.05) is 44.2 Å². The molecule has 5 nitrogen and oxygen atoms in total. The Morgan fingerprint density at radius 1 is 1.12 bits per heavy atom. The van der Waals surface area contributed by atoms with E-state index in [4.69, 9.17) is 14.3 Å². The van der Waals surface area contributed by atoms with Gasteiger partial charge in [0.05, 0.1) is 32.2 Å². The van der Waals surface area contributed by atoms with Gasteiger partial charge in [-0.2, -0.15) is 0 Å². The highest BCUT2D eigenvalue weighted by atomic mass is 16.7. The summed E-state index contributed by atoms with van der Waals surface area (Å²) in [4.78, 5) is 17.5. The molecule has 3 aliphatic rings. The highest BCUT2D eigenvalue weighted by molar-refractivity contribution is 5.71. The number of nitrogens with zero attached hydrogens (tertiary/aromatic N) is 1. The summed E-state index contributed by atoms with van der Waals surface area (Å²) in [7, 11) is 0. The Morgan fingerprint density at radius 2 is 1.80 bits per heavy atom. The van der Waals surface area contributed by atoms with Crippen LogP contribution in [-0.4, -0.2) is 36.1 Å². The molecule has 1 aromatic rings. The lowest BCUT2D eigenvalue weighted by atomic mass is 9.50. The van der Waals surface area contributed by atoms with E-state index in [1.165, 1.54) is 0 Å². The molecule has 2 heterocycles. The van der Waals surface area contributed by atoms with E-state index >= 15 is 0 Å². The summed E-state index contributed by atoms with van der Waals surface area (Å²) in [6.07, 6.45) is 1.46. The predicted molar refractivity (Wildman–Crippen MR) is 92.2 cm³/mol. The molecule has 0 amide bonds. The number of hydroxylamine groups is 2. The van der Waals surface area contributed by atoms with E-state index in [1.54, 1.807) is 0 Å². The highest BCUT2D eigenvalue weighted by Crippen LogP contribution is 2.60. The molecule has 1 saturated carbocycles. The van der Waals surface area contributed by atoms with E-state index in [9.17, 15) is 4.79 Å². The summed E-state index contributed by atoms with van der Waals surface area (Å²) in [6, 6.07) is 10.3. The number of ether oxygens (including phenoxy) is 2. The molecule has 0 N–H and O–H groups in total. The van der Waals surface area contributed by atoms with Crippen LogP contribution in [0.1, 0.15) is 39.2 Å². The zero-order valence-corrected chi connectivity index (χ0v) is 15.2. The van der Waals surface area contributed by atoms with Crippen molar-refractivity contribution in [2.24, 2.45) is 17.3 Å². The summed E-state index contributed by atoms with van der Waals surface area (Å²) in [5.41, 5.74) is 1.19. The number of carbonyl (C=O) groups excluding carboxylic acids is 1. The van der Waals surface area contributed by atoms with E-state index < -0.39 is 5.79 Å². The lowest BCUT2D eigenvalue weighted by Gasteiger charge is -2.59. The van der Waals surface area contributed by atoms with Crippen molar-refractivity contribution in [3.05, 3.63) is 35.9 Å². The molecule has 1 aliphatic carbocycles. The molecule has 4 rings (SSSR count). The van der Waals surface area contributed by atoms with Crippen LogP contribution in [0.4, 0.5) is 0 Å². The number of carbonyl (C=O) groups is 1. The average Bonchev–Trinajstić information content (AvgIpc) is 3.14. The molecule has 0 bridgehead atoms. The SMILES string of the molecule is CC1([C@@H]2C[C@H]([C@@H]3CC(=O)ON3Cc3ccccc3)C2(C)C)OCCO1. The second-order valence-electron chi connectivity index (χ2n) is 8.22. The van der Waals surface area contributed by atoms with Gasteiger partial charge < -0.3 is 14.3 Å². The molecule has 2 aliphatic heterocycles. The third-order valence-electron chi connectivity index (χ3n) is 6.45. The number of rotatable bonds is 4. The maximum absolute atomic E-state index is 12.0. The van der Waals surface area contributed by atoms with Crippen LogP contribution >= 0.6 is 0 Å². The van der Waals surface area contributed by atoms with Crippen molar-refractivity contribution in [2.75, 3.05) is 13.2 Å². The molecule has 3 fully saturated rings. The van der Waals surface area contributed by atoms with Crippen LogP contribution in [0.25, 0.3) is 0 Å². The van der Waals surface area contributed by atoms with Gasteiger partial charge in [-0.3, -0.25) is 4.79 Å². The number of hydrogen-bond acceptors (Lipinski definition) is 5. The normalized spacial score (nSPS) is 33.9. The predicted octanol–water partition coefficient (Wildman–Crippen LogP) is 3.14. The zero-order chi connectivity index (χ0) is 17.7. The Balaban J connectivity index is 1.49. The first-order chi connectivity index (χ1) is 11.9. The van der Waals surface area contributed by atoms with Crippen molar-refractivity contribution in [3.63, 3.8) is 0 Å². The molecule has 25 heavy (non-hydrogen) atoms. The average molecular weight is 345 g/mol. The second-order valence-corrected chi connectivity index (χ2v) is 8.22. The Morgan fingerprint density at radius 3 is 2.44 bits per heavy atom. The van der Waals surface area contributed by atoms with Crippen LogP contribution < -0.4 is 0 Å². The molecule has 0 unspecified atom stereocenters. The van der Waals surface area contributed by atoms with Crippen molar-refractivity contribution in [1.29, 1.82) is 0 Å². The van der Waals surface area contributed by atoms with E-state index in [1.807, 2.05) is 23.3 Å². The van der Waals surface area contributed by atoms with Crippen LogP contribution in [0.3, 0.4) is 0 Å². The van der Waals surface area contributed by atoms with Gasteiger partial charge in [0.15, 0.2) is 5.79 Å². The standard InChI is InChI=1S/C20H27NO4/c1-19(2)15(11-17(19)20(3)23-9-10-24-20)16-12-18(22)25-21(16)13-14-7-5-4-6-8-14/h4-8,15-17H,9-13H2,1-3H3/t15-,16+,17-/m1/s1. The van der Waals surface area contributed by atoms with Crippen molar-refractivity contribution in [1.82, 2.24) is 5.06 Å². The van der Waals surface area contributed by atoms with Crippen molar-refractivity contribution < 1.29 is 19.1 Å². The first-order valence-corrected chi connectivity index (χ1v) is 9.19. The third kappa shape index (κ3) is 2.88. The van der Waals surface area contributed by atoms with Crippen LogP contribution in [0.2, 0.25) is 0 Å². The van der Waals surface area contributed by atoms with Crippen molar-refractivity contribution in [3.8, 4) is 0 Å². The molecule has 0 radical (unpaired) electrons. The van der Waals surface area contributed by atoms with Crippen LogP contribution in [0.15, 0.2) is 30.3 Å². The van der Waals surface area contributed by atoms with E-state index in [2.05, 4.69) is 32.9 Å². The monoisotopic (exact) mass is 345 g/mol. The van der Waals surface area contributed by atoms with Gasteiger partial charge in [0.1, 0.15) is 0 Å². The van der Waals surface area contributed by atoms with Gasteiger partial charge in [-0.25, -0.2) is 0 Å². The van der Waals surface area contributed by atoms with E-state index in [0.29, 0.717) is 38.0 Å². The minimum Gasteiger partial charge on any atom is -0.367 e. The molecule has 2 saturated heterocycles. The van der Waals surface area contributed by atoms with Gasteiger partial charge in [0.25, 0.3) is 0 Å². The lowest BCUT2D eigenvalue weighted by Crippen LogP contribution is -2.60. The topological polar surface area (TPSA) is 48.0 Å². The lowest BCUT2D eigenvalue weighted by molar-refractivity contribution is -0.269. The number of benzene rings is 1. The van der Waals surface area contributed by atoms with Crippen molar-refractivity contribution in [2.45, 2.75) is 52.0 Å². The molecule has 0 spiro atoms. The van der Waals surface area contributed by atoms with E-state index in [-0.39, 0.29) is 17.4 Å². The van der Waals surface area contributed by atoms with Gasteiger partial charge in [0, 0.05) is 5.92 Å². The fourth-order valence-corrected chi connectivity index (χ4v) is 5.00. The van der Waals surface area contributed by atoms with Gasteiger partial charge in [-0.05, 0) is 30.2 Å². The third-order valence-corrected chi connectivity index (χ3v) is 6.45. The quantitative estimate of drug-likeness (QED) is 0.839. The maximum atomic E-state index is 12.0. The zero-order valence-electron chi connectivity index (χ0n) is 15.2. The van der Waals surface area contributed by atoms with E-state index in [0.717, 1.165) is 12.0 Å². The molecule has 5 heteroatoms. The highest BCUT2D eigenvalue weighted by Gasteiger charge is 2.62. The molecule has 1 aromatic carbocycles. The minimum absolute atomic E-state index is 0.0344. The fourth-order valence-electron chi connectivity index (χ4n) is 5.00. The van der Waals surface area contributed by atoms with Crippen LogP contribution in [0, 0.1) is 17.3 Å². The summed E-state index contributed by atoms with van der Waals surface area (Å²) < 4.78 is 11.8. The molecule has 0 aromatic heterocycles. The Kier molecular flexibility index (Phi) is 4.13. The van der Waals surface area contributed by atoms with Gasteiger partial charge >= 0.3 is 5.97 Å². The molecule has 3 atom stereocenters. The Labute approximate surface area is 149 Å². The summed E-state index contributed by atoms with van der Waals surface area (Å²) in [5, 5.41) is 1.89. The summed E-state index contributed by atoms with van der Waals surface area (Å²) in [5.74, 6) is 0.104. The van der Waals surface area contributed by atoms with Crippen LogP contribution in [-0.2, 0) is 25.7 Å². The number of hydrogen-bond donors (Lipinski definition) is 0. The summed E-state index contributed by atoms with van der Waals surface area (Å²) >= 11 is 0. The Bertz CT molecular complexity index is 638. The first-order valence-electron chi connectivity index (χ1n) is 9.19. The summed E-state index contributed by atoms with van der Waals surface area (Å²) in [6.45, 7) is 8.56. The smallest absolute Gasteiger partial charge is 0.326 e. The first kappa shape index (κ1) is 17.0. The maximum Gasteiger partial charge on any atom is 0.326 e.